The molecule has 0 N–H and O–H groups in total. The van der Waals surface area contributed by atoms with Crippen molar-refractivity contribution >= 4 is 11.9 Å². The average molecular weight is 316 g/mol. The van der Waals surface area contributed by atoms with Crippen molar-refractivity contribution < 1.29 is 28.5 Å². The van der Waals surface area contributed by atoms with E-state index in [1.165, 1.54) is 0 Å². The van der Waals surface area contributed by atoms with Gasteiger partial charge in [0.05, 0.1) is 32.7 Å². The van der Waals surface area contributed by atoms with Crippen LogP contribution >= 0.6 is 0 Å². The van der Waals surface area contributed by atoms with Gasteiger partial charge in [0.1, 0.15) is 6.10 Å². The van der Waals surface area contributed by atoms with Gasteiger partial charge < -0.3 is 18.9 Å². The van der Waals surface area contributed by atoms with Crippen molar-refractivity contribution in [3.63, 3.8) is 0 Å². The summed E-state index contributed by atoms with van der Waals surface area (Å²) in [5, 5.41) is 0. The summed E-state index contributed by atoms with van der Waals surface area (Å²) in [5.41, 5.74) is 0. The minimum absolute atomic E-state index is 0.0232. The van der Waals surface area contributed by atoms with Gasteiger partial charge >= 0.3 is 11.9 Å². The van der Waals surface area contributed by atoms with Crippen LogP contribution in [0.15, 0.2) is 0 Å². The second kappa shape index (κ2) is 10.6. The summed E-state index contributed by atoms with van der Waals surface area (Å²) in [7, 11) is 0. The lowest BCUT2D eigenvalue weighted by Gasteiger charge is -2.28. The van der Waals surface area contributed by atoms with Crippen LogP contribution in [0.25, 0.3) is 0 Å². The van der Waals surface area contributed by atoms with E-state index in [0.29, 0.717) is 25.7 Å². The zero-order valence-electron chi connectivity index (χ0n) is 13.8. The molecule has 1 rings (SSSR count). The lowest BCUT2D eigenvalue weighted by molar-refractivity contribution is -0.227. The van der Waals surface area contributed by atoms with Crippen LogP contribution in [0.4, 0.5) is 0 Å². The van der Waals surface area contributed by atoms with Gasteiger partial charge in [-0.15, -0.1) is 0 Å². The van der Waals surface area contributed by atoms with Crippen molar-refractivity contribution in [2.75, 3.05) is 19.8 Å². The summed E-state index contributed by atoms with van der Waals surface area (Å²) in [6.45, 7) is 7.26. The highest BCUT2D eigenvalue weighted by Gasteiger charge is 2.24. The Morgan fingerprint density at radius 1 is 1.14 bits per heavy atom. The first-order chi connectivity index (χ1) is 10.5. The van der Waals surface area contributed by atoms with Crippen LogP contribution in [0.1, 0.15) is 52.9 Å². The van der Waals surface area contributed by atoms with E-state index < -0.39 is 12.1 Å². The summed E-state index contributed by atoms with van der Waals surface area (Å²) in [6.07, 6.45) is 2.12. The number of hydrogen-bond acceptors (Lipinski definition) is 6. The number of carbonyl (C=O) groups is 2. The molecule has 0 aromatic carbocycles. The molecule has 128 valence electrons. The van der Waals surface area contributed by atoms with Crippen molar-refractivity contribution in [3.8, 4) is 0 Å². The normalized spacial score (nSPS) is 21.6. The van der Waals surface area contributed by atoms with Gasteiger partial charge in [0, 0.05) is 0 Å². The number of ether oxygens (including phenoxy) is 4. The van der Waals surface area contributed by atoms with E-state index in [9.17, 15) is 9.59 Å². The Balaban J connectivity index is 2.10. The number of esters is 2. The predicted octanol–water partition coefficient (Wildman–Crippen LogP) is 2.44. The van der Waals surface area contributed by atoms with Crippen LogP contribution in [-0.2, 0) is 28.5 Å². The van der Waals surface area contributed by atoms with Crippen molar-refractivity contribution in [1.29, 1.82) is 0 Å². The summed E-state index contributed by atoms with van der Waals surface area (Å²) in [5.74, 6) is -0.302. The van der Waals surface area contributed by atoms with Gasteiger partial charge in [-0.05, 0) is 18.8 Å². The van der Waals surface area contributed by atoms with Crippen molar-refractivity contribution in [1.82, 2.24) is 0 Å². The Labute approximate surface area is 132 Å². The maximum Gasteiger partial charge on any atom is 0.306 e. The first-order valence-corrected chi connectivity index (χ1v) is 8.09. The molecule has 0 atom stereocenters. The van der Waals surface area contributed by atoms with E-state index in [2.05, 4.69) is 20.8 Å². The zero-order valence-corrected chi connectivity index (χ0v) is 13.8. The second-order valence-electron chi connectivity index (χ2n) is 5.90. The molecule has 0 aromatic heterocycles. The third-order valence-electron chi connectivity index (χ3n) is 3.25. The molecule has 1 aliphatic rings. The molecule has 1 saturated heterocycles. The SMILES string of the molecule is CCCC1OCC(OC(=O)CCC(=O)OCCC(C)C)CO1. The molecule has 0 radical (unpaired) electrons. The monoisotopic (exact) mass is 316 g/mol. The van der Waals surface area contributed by atoms with Crippen molar-refractivity contribution in [3.05, 3.63) is 0 Å². The molecular formula is C16H28O6. The fourth-order valence-electron chi connectivity index (χ4n) is 1.93. The first-order valence-electron chi connectivity index (χ1n) is 8.09. The molecule has 0 aliphatic carbocycles. The predicted molar refractivity (Wildman–Crippen MR) is 80.1 cm³/mol. The van der Waals surface area contributed by atoms with Crippen LogP contribution in [0.2, 0.25) is 0 Å². The topological polar surface area (TPSA) is 71.1 Å². The fraction of sp³-hybridized carbons (Fsp3) is 0.875. The molecule has 0 amide bonds. The first kappa shape index (κ1) is 18.9. The van der Waals surface area contributed by atoms with E-state index in [-0.39, 0.29) is 25.1 Å². The number of hydrogen-bond donors (Lipinski definition) is 0. The van der Waals surface area contributed by atoms with Crippen LogP contribution in [0.3, 0.4) is 0 Å². The molecule has 22 heavy (non-hydrogen) atoms. The summed E-state index contributed by atoms with van der Waals surface area (Å²) >= 11 is 0. The molecule has 0 saturated carbocycles. The van der Waals surface area contributed by atoms with Crippen LogP contribution in [-0.4, -0.2) is 44.2 Å². The summed E-state index contributed by atoms with van der Waals surface area (Å²) in [4.78, 5) is 23.1. The van der Waals surface area contributed by atoms with Gasteiger partial charge in [-0.1, -0.05) is 27.2 Å². The standard InChI is InChI=1S/C16H28O6/c1-4-5-16-20-10-13(11-21-16)22-15(18)7-6-14(17)19-9-8-12(2)3/h12-13,16H,4-11H2,1-3H3. The maximum atomic E-state index is 11.7. The van der Waals surface area contributed by atoms with E-state index in [4.69, 9.17) is 18.9 Å². The summed E-state index contributed by atoms with van der Waals surface area (Å²) in [6, 6.07) is 0. The summed E-state index contributed by atoms with van der Waals surface area (Å²) < 4.78 is 21.1. The fourth-order valence-corrected chi connectivity index (χ4v) is 1.93. The van der Waals surface area contributed by atoms with Gasteiger partial charge in [0.15, 0.2) is 6.29 Å². The minimum atomic E-state index is -0.424. The number of carbonyl (C=O) groups excluding carboxylic acids is 2. The molecule has 0 unspecified atom stereocenters. The average Bonchev–Trinajstić information content (AvgIpc) is 2.47. The van der Waals surface area contributed by atoms with Crippen LogP contribution < -0.4 is 0 Å². The largest absolute Gasteiger partial charge is 0.466 e. The van der Waals surface area contributed by atoms with Gasteiger partial charge in [0.2, 0.25) is 0 Å². The van der Waals surface area contributed by atoms with Gasteiger partial charge in [0.25, 0.3) is 0 Å². The van der Waals surface area contributed by atoms with Crippen LogP contribution in [0.5, 0.6) is 0 Å². The lowest BCUT2D eigenvalue weighted by atomic mass is 10.1. The molecule has 0 aromatic rings. The second-order valence-corrected chi connectivity index (χ2v) is 5.90. The lowest BCUT2D eigenvalue weighted by Crippen LogP contribution is -2.38. The Hall–Kier alpha value is -1.14. The maximum absolute atomic E-state index is 11.7. The van der Waals surface area contributed by atoms with Gasteiger partial charge in [-0.3, -0.25) is 9.59 Å². The molecule has 6 heteroatoms. The Bertz CT molecular complexity index is 334. The molecule has 1 heterocycles. The Morgan fingerprint density at radius 2 is 1.77 bits per heavy atom. The van der Waals surface area contributed by atoms with E-state index >= 15 is 0 Å². The zero-order chi connectivity index (χ0) is 16.4. The van der Waals surface area contributed by atoms with E-state index in [1.54, 1.807) is 0 Å². The van der Waals surface area contributed by atoms with Crippen molar-refractivity contribution in [2.24, 2.45) is 5.92 Å². The molecule has 0 bridgehead atoms. The Kier molecular flexibility index (Phi) is 9.08. The Morgan fingerprint density at radius 3 is 2.36 bits per heavy atom. The molecule has 1 aliphatic heterocycles. The van der Waals surface area contributed by atoms with Gasteiger partial charge in [-0.25, -0.2) is 0 Å². The smallest absolute Gasteiger partial charge is 0.306 e. The van der Waals surface area contributed by atoms with E-state index in [0.717, 1.165) is 19.3 Å². The highest BCUT2D eigenvalue weighted by molar-refractivity contribution is 5.77. The number of rotatable bonds is 9. The van der Waals surface area contributed by atoms with Gasteiger partial charge in [-0.2, -0.15) is 0 Å². The highest BCUT2D eigenvalue weighted by atomic mass is 16.7. The molecular weight excluding hydrogens is 288 g/mol. The quantitative estimate of drug-likeness (QED) is 0.608. The highest BCUT2D eigenvalue weighted by Crippen LogP contribution is 2.13. The molecule has 0 spiro atoms. The van der Waals surface area contributed by atoms with E-state index in [1.807, 2.05) is 0 Å². The molecule has 1 fully saturated rings. The molecule has 6 nitrogen and oxygen atoms in total. The third kappa shape index (κ3) is 8.34. The van der Waals surface area contributed by atoms with Crippen molar-refractivity contribution in [2.45, 2.75) is 65.3 Å². The minimum Gasteiger partial charge on any atom is -0.466 e. The van der Waals surface area contributed by atoms with Crippen LogP contribution in [0, 0.1) is 5.92 Å². The third-order valence-corrected chi connectivity index (χ3v) is 3.25.